The van der Waals surface area contributed by atoms with Gasteiger partial charge < -0.3 is 30.8 Å². The van der Waals surface area contributed by atoms with Crippen LogP contribution in [-0.2, 0) is 16.1 Å². The van der Waals surface area contributed by atoms with E-state index >= 15 is 0 Å². The fourth-order valence-corrected chi connectivity index (χ4v) is 2.47. The SMILES string of the molecule is Cc1cn(CCCCCOC(=O)N[C@@H](CCCNC(N)=O)C(=O)O)c(=O)[nH]c1=O. The van der Waals surface area contributed by atoms with Crippen LogP contribution in [0.25, 0.3) is 0 Å². The van der Waals surface area contributed by atoms with Crippen LogP contribution in [0.4, 0.5) is 9.59 Å². The van der Waals surface area contributed by atoms with Crippen molar-refractivity contribution in [2.24, 2.45) is 5.73 Å². The number of nitrogens with two attached hydrogens (primary N) is 1. The summed E-state index contributed by atoms with van der Waals surface area (Å²) < 4.78 is 6.37. The molecule has 0 saturated heterocycles. The third-order valence-corrected chi connectivity index (χ3v) is 4.02. The number of hydrogen-bond acceptors (Lipinski definition) is 6. The number of carbonyl (C=O) groups excluding carboxylic acids is 2. The molecule has 1 rings (SSSR count). The van der Waals surface area contributed by atoms with Gasteiger partial charge in [-0.15, -0.1) is 0 Å². The van der Waals surface area contributed by atoms with Gasteiger partial charge in [-0.2, -0.15) is 0 Å². The summed E-state index contributed by atoms with van der Waals surface area (Å²) in [6, 6.07) is -1.84. The number of aromatic nitrogens is 2. The van der Waals surface area contributed by atoms with Crippen LogP contribution in [0, 0.1) is 6.92 Å². The van der Waals surface area contributed by atoms with Crippen molar-refractivity contribution in [3.63, 3.8) is 0 Å². The first kappa shape index (κ1) is 23.7. The first-order chi connectivity index (χ1) is 13.7. The van der Waals surface area contributed by atoms with E-state index in [-0.39, 0.29) is 19.6 Å². The number of hydrogen-bond donors (Lipinski definition) is 5. The standard InChI is InChI=1S/C17H27N5O7/c1-11-10-22(16(27)21-13(11)23)8-3-2-4-9-29-17(28)20-12(14(24)25)6-5-7-19-15(18)26/h10,12H,2-9H2,1H3,(H,20,28)(H,24,25)(H3,18,19,26)(H,21,23,27)/t12-/m0/s1. The number of carbonyl (C=O) groups is 3. The highest BCUT2D eigenvalue weighted by Crippen LogP contribution is 2.01. The monoisotopic (exact) mass is 413 g/mol. The molecule has 1 heterocycles. The van der Waals surface area contributed by atoms with Crippen molar-refractivity contribution < 1.29 is 24.2 Å². The maximum absolute atomic E-state index is 11.7. The van der Waals surface area contributed by atoms with E-state index in [0.717, 1.165) is 0 Å². The summed E-state index contributed by atoms with van der Waals surface area (Å²) in [6.45, 7) is 2.33. The van der Waals surface area contributed by atoms with Gasteiger partial charge >= 0.3 is 23.8 Å². The number of carboxylic acids is 1. The first-order valence-electron chi connectivity index (χ1n) is 9.20. The van der Waals surface area contributed by atoms with Crippen LogP contribution in [0.2, 0.25) is 0 Å². The molecule has 0 radical (unpaired) electrons. The molecule has 1 aromatic heterocycles. The Bertz CT molecular complexity index is 817. The Balaban J connectivity index is 2.24. The van der Waals surface area contributed by atoms with Gasteiger partial charge in [0.15, 0.2) is 0 Å². The predicted molar refractivity (Wildman–Crippen MR) is 103 cm³/mol. The second-order valence-electron chi connectivity index (χ2n) is 6.43. The van der Waals surface area contributed by atoms with Crippen LogP contribution in [0.5, 0.6) is 0 Å². The van der Waals surface area contributed by atoms with E-state index in [9.17, 15) is 24.0 Å². The number of nitrogens with one attached hydrogen (secondary N) is 3. The molecule has 0 fully saturated rings. The Morgan fingerprint density at radius 3 is 2.62 bits per heavy atom. The maximum Gasteiger partial charge on any atom is 0.407 e. The van der Waals surface area contributed by atoms with Crippen molar-refractivity contribution in [1.29, 1.82) is 0 Å². The number of nitrogens with zero attached hydrogens (tertiary/aromatic N) is 1. The fraction of sp³-hybridized carbons (Fsp3) is 0.588. The highest BCUT2D eigenvalue weighted by Gasteiger charge is 2.20. The molecule has 12 nitrogen and oxygen atoms in total. The number of urea groups is 1. The molecule has 162 valence electrons. The Hall–Kier alpha value is -3.31. The molecule has 0 aliphatic heterocycles. The minimum Gasteiger partial charge on any atom is -0.480 e. The van der Waals surface area contributed by atoms with Crippen LogP contribution in [0.15, 0.2) is 15.8 Å². The third-order valence-electron chi connectivity index (χ3n) is 4.02. The van der Waals surface area contributed by atoms with Crippen molar-refractivity contribution in [2.45, 2.75) is 51.6 Å². The van der Waals surface area contributed by atoms with Crippen LogP contribution in [0.3, 0.4) is 0 Å². The van der Waals surface area contributed by atoms with E-state index < -0.39 is 35.4 Å². The summed E-state index contributed by atoms with van der Waals surface area (Å²) in [7, 11) is 0. The number of H-pyrrole nitrogens is 1. The molecule has 3 amide bonds. The third kappa shape index (κ3) is 9.44. The molecule has 0 bridgehead atoms. The lowest BCUT2D eigenvalue weighted by atomic mass is 10.1. The van der Waals surface area contributed by atoms with E-state index in [1.54, 1.807) is 6.92 Å². The summed E-state index contributed by atoms with van der Waals surface area (Å²) in [5.74, 6) is -1.21. The lowest BCUT2D eigenvalue weighted by Gasteiger charge is -2.14. The molecule has 1 aromatic rings. The number of aromatic amines is 1. The lowest BCUT2D eigenvalue weighted by molar-refractivity contribution is -0.139. The molecule has 0 aliphatic carbocycles. The summed E-state index contributed by atoms with van der Waals surface area (Å²) in [6.07, 6.45) is 2.93. The quantitative estimate of drug-likeness (QED) is 0.289. The van der Waals surface area contributed by atoms with Crippen molar-refractivity contribution >= 4 is 18.1 Å². The van der Waals surface area contributed by atoms with Gasteiger partial charge in [-0.25, -0.2) is 19.2 Å². The lowest BCUT2D eigenvalue weighted by Crippen LogP contribution is -2.41. The van der Waals surface area contributed by atoms with Gasteiger partial charge in [-0.1, -0.05) is 0 Å². The molecule has 1 atom stereocenters. The van der Waals surface area contributed by atoms with Gasteiger partial charge in [0.2, 0.25) is 0 Å². The normalized spacial score (nSPS) is 11.5. The van der Waals surface area contributed by atoms with E-state index in [1.807, 2.05) is 0 Å². The van der Waals surface area contributed by atoms with Crippen LogP contribution in [0.1, 0.15) is 37.7 Å². The van der Waals surface area contributed by atoms with Crippen molar-refractivity contribution in [3.05, 3.63) is 32.6 Å². The second-order valence-corrected chi connectivity index (χ2v) is 6.43. The average molecular weight is 413 g/mol. The number of amides is 3. The predicted octanol–water partition coefficient (Wildman–Crippen LogP) is -0.357. The second kappa shape index (κ2) is 12.2. The highest BCUT2D eigenvalue weighted by atomic mass is 16.5. The maximum atomic E-state index is 11.7. The molecule has 29 heavy (non-hydrogen) atoms. The van der Waals surface area contributed by atoms with Crippen LogP contribution < -0.4 is 27.6 Å². The van der Waals surface area contributed by atoms with Crippen molar-refractivity contribution in [3.8, 4) is 0 Å². The summed E-state index contributed by atoms with van der Waals surface area (Å²) in [5.41, 5.74) is 4.47. The van der Waals surface area contributed by atoms with Gasteiger partial charge in [0.25, 0.3) is 5.56 Å². The molecule has 12 heteroatoms. The number of ether oxygens (including phenoxy) is 1. The van der Waals surface area contributed by atoms with E-state index in [4.69, 9.17) is 15.6 Å². The zero-order chi connectivity index (χ0) is 21.8. The Kier molecular flexibility index (Phi) is 9.99. The largest absolute Gasteiger partial charge is 0.480 e. The number of primary amides is 1. The molecular formula is C17H27N5O7. The van der Waals surface area contributed by atoms with Crippen LogP contribution >= 0.6 is 0 Å². The first-order valence-corrected chi connectivity index (χ1v) is 9.20. The molecule has 0 saturated carbocycles. The Labute approximate surface area is 166 Å². The molecule has 6 N–H and O–H groups in total. The fourth-order valence-electron chi connectivity index (χ4n) is 2.47. The van der Waals surface area contributed by atoms with E-state index in [1.165, 1.54) is 10.8 Å². The van der Waals surface area contributed by atoms with Gasteiger partial charge in [-0.3, -0.25) is 9.78 Å². The molecule has 0 aliphatic rings. The number of carboxylic acid groups (broad SMARTS) is 1. The number of aryl methyl sites for hydroxylation is 2. The van der Waals surface area contributed by atoms with Gasteiger partial charge in [0.05, 0.1) is 6.61 Å². The van der Waals surface area contributed by atoms with Gasteiger partial charge in [-0.05, 0) is 39.0 Å². The summed E-state index contributed by atoms with van der Waals surface area (Å²) >= 11 is 0. The minimum absolute atomic E-state index is 0.0982. The molecule has 0 aromatic carbocycles. The highest BCUT2D eigenvalue weighted by molar-refractivity contribution is 5.79. The Morgan fingerprint density at radius 2 is 1.97 bits per heavy atom. The zero-order valence-electron chi connectivity index (χ0n) is 16.2. The average Bonchev–Trinajstić information content (AvgIpc) is 2.64. The Morgan fingerprint density at radius 1 is 1.24 bits per heavy atom. The van der Waals surface area contributed by atoms with Crippen LogP contribution in [-0.4, -0.2) is 51.9 Å². The molecular weight excluding hydrogens is 386 g/mol. The smallest absolute Gasteiger partial charge is 0.407 e. The topological polar surface area (TPSA) is 186 Å². The molecule has 0 spiro atoms. The van der Waals surface area contributed by atoms with Gasteiger partial charge in [0.1, 0.15) is 6.04 Å². The van der Waals surface area contributed by atoms with E-state index in [2.05, 4.69) is 15.6 Å². The van der Waals surface area contributed by atoms with E-state index in [0.29, 0.717) is 37.8 Å². The van der Waals surface area contributed by atoms with Crippen molar-refractivity contribution in [1.82, 2.24) is 20.2 Å². The minimum atomic E-state index is -1.21. The number of alkyl carbamates (subject to hydrolysis) is 1. The molecule has 0 unspecified atom stereocenters. The number of aliphatic carboxylic acids is 1. The van der Waals surface area contributed by atoms with Gasteiger partial charge in [0, 0.05) is 24.8 Å². The summed E-state index contributed by atoms with van der Waals surface area (Å²) in [5, 5.41) is 13.7. The number of rotatable bonds is 12. The number of unbranched alkanes of at least 4 members (excludes halogenated alkanes) is 2. The zero-order valence-corrected chi connectivity index (χ0v) is 16.2. The van der Waals surface area contributed by atoms with Crippen molar-refractivity contribution in [2.75, 3.05) is 13.2 Å². The summed E-state index contributed by atoms with van der Waals surface area (Å²) in [4.78, 5) is 58.6.